The smallest absolute Gasteiger partial charge is 0.222 e. The van der Waals surface area contributed by atoms with Crippen LogP contribution in [0.15, 0.2) is 12.5 Å². The van der Waals surface area contributed by atoms with Crippen LogP contribution in [0.3, 0.4) is 0 Å². The maximum absolute atomic E-state index is 11.3. The highest BCUT2D eigenvalue weighted by Gasteiger charge is 2.03. The molecule has 0 aliphatic rings. The number of rotatable bonds is 6. The van der Waals surface area contributed by atoms with Crippen LogP contribution in [0, 0.1) is 0 Å². The Hall–Kier alpha value is -1.36. The first-order valence-corrected chi connectivity index (χ1v) is 5.49. The minimum Gasteiger partial charge on any atom is -0.349 e. The molecule has 1 rings (SSSR count). The van der Waals surface area contributed by atoms with Crippen LogP contribution in [0.25, 0.3) is 0 Å². The number of imidazole rings is 1. The summed E-state index contributed by atoms with van der Waals surface area (Å²) in [6.07, 6.45) is 5.27. The second-order valence-corrected chi connectivity index (χ2v) is 4.02. The van der Waals surface area contributed by atoms with Crippen LogP contribution in [0.2, 0.25) is 0 Å². The summed E-state index contributed by atoms with van der Waals surface area (Å²) in [7, 11) is 5.46. The van der Waals surface area contributed by atoms with Crippen LogP contribution in [0.1, 0.15) is 18.5 Å². The molecule has 5 heteroatoms. The summed E-state index contributed by atoms with van der Waals surface area (Å²) >= 11 is 0. The van der Waals surface area contributed by atoms with Gasteiger partial charge in [0.15, 0.2) is 0 Å². The van der Waals surface area contributed by atoms with Gasteiger partial charge in [-0.25, -0.2) is 4.98 Å². The van der Waals surface area contributed by atoms with Crippen LogP contribution in [-0.2, 0) is 17.9 Å². The van der Waals surface area contributed by atoms with E-state index in [4.69, 9.17) is 0 Å². The van der Waals surface area contributed by atoms with E-state index in [9.17, 15) is 4.79 Å². The van der Waals surface area contributed by atoms with Crippen LogP contribution < -0.4 is 5.32 Å². The Kier molecular flexibility index (Phi) is 4.98. The molecule has 0 fully saturated rings. The predicted molar refractivity (Wildman–Crippen MR) is 62.9 cm³/mol. The van der Waals surface area contributed by atoms with Crippen molar-refractivity contribution < 1.29 is 4.79 Å². The molecule has 5 nitrogen and oxygen atoms in total. The lowest BCUT2D eigenvalue weighted by atomic mass is 10.3. The number of carbonyl (C=O) groups excluding carboxylic acids is 1. The number of aromatic nitrogens is 2. The number of hydrogen-bond acceptors (Lipinski definition) is 3. The Morgan fingerprint density at radius 1 is 1.56 bits per heavy atom. The molecule has 1 amide bonds. The molecule has 0 aromatic carbocycles. The number of carbonyl (C=O) groups is 1. The normalized spacial score (nSPS) is 10.4. The van der Waals surface area contributed by atoms with E-state index >= 15 is 0 Å². The van der Waals surface area contributed by atoms with E-state index in [1.165, 1.54) is 0 Å². The first kappa shape index (κ1) is 12.7. The molecule has 0 unspecified atom stereocenters. The van der Waals surface area contributed by atoms with Gasteiger partial charge in [-0.1, -0.05) is 0 Å². The molecule has 0 aliphatic heterocycles. The van der Waals surface area contributed by atoms with Crippen molar-refractivity contribution in [1.29, 1.82) is 0 Å². The predicted octanol–water partition coefficient (Wildman–Crippen LogP) is 0.471. The maximum Gasteiger partial charge on any atom is 0.222 e. The van der Waals surface area contributed by atoms with Crippen LogP contribution in [0.4, 0.5) is 0 Å². The standard InChI is InChI=1S/C11H20N4O/c1-12-7-10-8-15(9-13-10)6-4-5-11(16)14(2)3/h8-9,12H,4-7H2,1-3H3. The van der Waals surface area contributed by atoms with E-state index in [2.05, 4.69) is 10.3 Å². The SMILES string of the molecule is CNCc1cn(CCCC(=O)N(C)C)cn1. The zero-order chi connectivity index (χ0) is 12.0. The van der Waals surface area contributed by atoms with Gasteiger partial charge in [0, 0.05) is 39.8 Å². The molecular formula is C11H20N4O. The van der Waals surface area contributed by atoms with Crippen molar-refractivity contribution >= 4 is 5.91 Å². The Balaban J connectivity index is 2.29. The van der Waals surface area contributed by atoms with Gasteiger partial charge in [0.1, 0.15) is 0 Å². The second kappa shape index (κ2) is 6.27. The van der Waals surface area contributed by atoms with E-state index in [1.807, 2.05) is 24.1 Å². The molecule has 1 aromatic rings. The fourth-order valence-electron chi connectivity index (χ4n) is 1.44. The van der Waals surface area contributed by atoms with Crippen molar-refractivity contribution in [3.05, 3.63) is 18.2 Å². The minimum atomic E-state index is 0.176. The third-order valence-electron chi connectivity index (χ3n) is 2.35. The number of nitrogens with zero attached hydrogens (tertiary/aromatic N) is 3. The zero-order valence-electron chi connectivity index (χ0n) is 10.2. The monoisotopic (exact) mass is 224 g/mol. The number of hydrogen-bond donors (Lipinski definition) is 1. The van der Waals surface area contributed by atoms with Gasteiger partial charge in [-0.05, 0) is 13.5 Å². The quantitative estimate of drug-likeness (QED) is 0.764. The second-order valence-electron chi connectivity index (χ2n) is 4.02. The van der Waals surface area contributed by atoms with Gasteiger partial charge < -0.3 is 14.8 Å². The van der Waals surface area contributed by atoms with Gasteiger partial charge >= 0.3 is 0 Å². The Morgan fingerprint density at radius 3 is 2.94 bits per heavy atom. The fraction of sp³-hybridized carbons (Fsp3) is 0.636. The molecule has 0 radical (unpaired) electrons. The molecule has 1 N–H and O–H groups in total. The summed E-state index contributed by atoms with van der Waals surface area (Å²) in [5.41, 5.74) is 1.03. The molecule has 90 valence electrons. The molecule has 0 saturated carbocycles. The van der Waals surface area contributed by atoms with Crippen molar-refractivity contribution in [3.63, 3.8) is 0 Å². The fourth-order valence-corrected chi connectivity index (χ4v) is 1.44. The van der Waals surface area contributed by atoms with Gasteiger partial charge in [0.25, 0.3) is 0 Å². The lowest BCUT2D eigenvalue weighted by Crippen LogP contribution is -2.21. The van der Waals surface area contributed by atoms with Gasteiger partial charge in [-0.3, -0.25) is 4.79 Å². The highest BCUT2D eigenvalue weighted by Crippen LogP contribution is 2.00. The molecule has 1 aromatic heterocycles. The zero-order valence-corrected chi connectivity index (χ0v) is 10.2. The average molecular weight is 224 g/mol. The van der Waals surface area contributed by atoms with Crippen LogP contribution >= 0.6 is 0 Å². The molecule has 1 heterocycles. The first-order chi connectivity index (χ1) is 7.63. The maximum atomic E-state index is 11.3. The van der Waals surface area contributed by atoms with Crippen LogP contribution in [0.5, 0.6) is 0 Å². The minimum absolute atomic E-state index is 0.176. The summed E-state index contributed by atoms with van der Waals surface area (Å²) < 4.78 is 2.02. The number of aryl methyl sites for hydroxylation is 1. The highest BCUT2D eigenvalue weighted by atomic mass is 16.2. The summed E-state index contributed by atoms with van der Waals surface area (Å²) in [6.45, 7) is 1.62. The third-order valence-corrected chi connectivity index (χ3v) is 2.35. The van der Waals surface area contributed by atoms with Gasteiger partial charge in [-0.2, -0.15) is 0 Å². The Bertz CT molecular complexity index is 332. The van der Waals surface area contributed by atoms with E-state index < -0.39 is 0 Å². The van der Waals surface area contributed by atoms with Gasteiger partial charge in [0.2, 0.25) is 5.91 Å². The summed E-state index contributed by atoms with van der Waals surface area (Å²) in [4.78, 5) is 17.2. The van der Waals surface area contributed by atoms with Crippen molar-refractivity contribution in [2.24, 2.45) is 0 Å². The molecule has 16 heavy (non-hydrogen) atoms. The first-order valence-electron chi connectivity index (χ1n) is 5.49. The van der Waals surface area contributed by atoms with Crippen molar-refractivity contribution in [2.75, 3.05) is 21.1 Å². The lowest BCUT2D eigenvalue weighted by molar-refractivity contribution is -0.128. The molecule has 0 spiro atoms. The molecule has 0 atom stereocenters. The molecule has 0 bridgehead atoms. The van der Waals surface area contributed by atoms with Gasteiger partial charge in [0.05, 0.1) is 12.0 Å². The van der Waals surface area contributed by atoms with E-state index in [0.29, 0.717) is 6.42 Å². The molecule has 0 saturated heterocycles. The summed E-state index contributed by atoms with van der Waals surface area (Å²) in [5, 5.41) is 3.05. The largest absolute Gasteiger partial charge is 0.349 e. The topological polar surface area (TPSA) is 50.2 Å². The van der Waals surface area contributed by atoms with Crippen molar-refractivity contribution in [3.8, 4) is 0 Å². The van der Waals surface area contributed by atoms with Crippen molar-refractivity contribution in [1.82, 2.24) is 19.8 Å². The number of nitrogens with one attached hydrogen (secondary N) is 1. The van der Waals surface area contributed by atoms with Crippen molar-refractivity contribution in [2.45, 2.75) is 25.9 Å². The third kappa shape index (κ3) is 4.02. The lowest BCUT2D eigenvalue weighted by Gasteiger charge is -2.09. The summed E-state index contributed by atoms with van der Waals surface area (Å²) in [6, 6.07) is 0. The highest BCUT2D eigenvalue weighted by molar-refractivity contribution is 5.75. The van der Waals surface area contributed by atoms with Gasteiger partial charge in [-0.15, -0.1) is 0 Å². The van der Waals surface area contributed by atoms with Crippen LogP contribution in [-0.4, -0.2) is 41.5 Å². The summed E-state index contributed by atoms with van der Waals surface area (Å²) in [5.74, 6) is 0.176. The van der Waals surface area contributed by atoms with E-state index in [0.717, 1.165) is 25.2 Å². The Labute approximate surface area is 96.5 Å². The average Bonchev–Trinajstić information content (AvgIpc) is 2.66. The molecule has 0 aliphatic carbocycles. The number of amides is 1. The van der Waals surface area contributed by atoms with E-state index in [1.54, 1.807) is 19.0 Å². The molecular weight excluding hydrogens is 204 g/mol. The Morgan fingerprint density at radius 2 is 2.31 bits per heavy atom. The van der Waals surface area contributed by atoms with E-state index in [-0.39, 0.29) is 5.91 Å².